The molecule has 9 nitrogen and oxygen atoms in total. The Kier molecular flexibility index (Phi) is 6.23. The van der Waals surface area contributed by atoms with Crippen LogP contribution in [-0.2, 0) is 9.84 Å². The van der Waals surface area contributed by atoms with Crippen LogP contribution in [0.1, 0.15) is 12.8 Å². The van der Waals surface area contributed by atoms with E-state index in [9.17, 15) is 8.42 Å². The van der Waals surface area contributed by atoms with Crippen LogP contribution in [0.4, 0.5) is 5.82 Å². The molecule has 0 spiro atoms. The average Bonchev–Trinajstić information content (AvgIpc) is 3.39. The number of nitrogen functional groups attached to an aromatic ring is 1. The fourth-order valence-electron chi connectivity index (χ4n) is 4.18. The number of benzene rings is 2. The van der Waals surface area contributed by atoms with Gasteiger partial charge < -0.3 is 20.3 Å². The summed E-state index contributed by atoms with van der Waals surface area (Å²) in [6, 6.07) is 15.9. The number of nitrogens with zero attached hydrogens (tertiary/aromatic N) is 3. The van der Waals surface area contributed by atoms with Crippen molar-refractivity contribution in [3.63, 3.8) is 0 Å². The lowest BCUT2D eigenvalue weighted by Gasteiger charge is -2.22. The van der Waals surface area contributed by atoms with Crippen molar-refractivity contribution in [2.24, 2.45) is 0 Å². The van der Waals surface area contributed by atoms with Crippen molar-refractivity contribution < 1.29 is 17.7 Å². The molecule has 180 valence electrons. The van der Waals surface area contributed by atoms with Gasteiger partial charge in [0, 0.05) is 23.7 Å². The molecule has 0 aliphatic carbocycles. The molecule has 5 rings (SSSR count). The van der Waals surface area contributed by atoms with Crippen molar-refractivity contribution in [3.05, 3.63) is 60.8 Å². The topological polar surface area (TPSA) is 133 Å². The van der Waals surface area contributed by atoms with Crippen LogP contribution in [0.2, 0.25) is 0 Å². The van der Waals surface area contributed by atoms with E-state index in [1.165, 1.54) is 0 Å². The van der Waals surface area contributed by atoms with Gasteiger partial charge in [0.25, 0.3) is 0 Å². The first kappa shape index (κ1) is 23.0. The molecule has 4 aromatic rings. The Morgan fingerprint density at radius 1 is 1.11 bits per heavy atom. The molecular weight excluding hydrogens is 466 g/mol. The Bertz CT molecular complexity index is 1440. The predicted octanol–water partition coefficient (Wildman–Crippen LogP) is 3.58. The highest BCUT2D eigenvalue weighted by Gasteiger charge is 2.28. The van der Waals surface area contributed by atoms with E-state index >= 15 is 0 Å². The van der Waals surface area contributed by atoms with Gasteiger partial charge >= 0.3 is 0 Å². The first-order valence-electron chi connectivity index (χ1n) is 11.3. The number of nitrogens with one attached hydrogen (secondary N) is 1. The van der Waals surface area contributed by atoms with Crippen molar-refractivity contribution >= 4 is 15.7 Å². The molecule has 3 N–H and O–H groups in total. The number of rotatable bonds is 6. The Labute approximate surface area is 203 Å². The highest BCUT2D eigenvalue weighted by molar-refractivity contribution is 7.92. The smallest absolute Gasteiger partial charge is 0.189 e. The zero-order valence-electron chi connectivity index (χ0n) is 19.1. The zero-order valence-corrected chi connectivity index (χ0v) is 20.0. The monoisotopic (exact) mass is 491 g/mol. The molecule has 0 radical (unpaired) electrons. The third-order valence-corrected chi connectivity index (χ3v) is 8.31. The second-order valence-electron chi connectivity index (χ2n) is 8.30. The molecule has 1 aliphatic heterocycles. The van der Waals surface area contributed by atoms with Gasteiger partial charge in [-0.05, 0) is 43.7 Å². The van der Waals surface area contributed by atoms with Crippen molar-refractivity contribution in [2.45, 2.75) is 23.0 Å². The summed E-state index contributed by atoms with van der Waals surface area (Å²) in [4.78, 5) is 9.20. The Hall–Kier alpha value is -3.76. The molecule has 1 fully saturated rings. The molecule has 2 aromatic carbocycles. The lowest BCUT2D eigenvalue weighted by Crippen LogP contribution is -2.38. The molecule has 2 aromatic heterocycles. The number of nitrogens with two attached hydrogens (primary N) is 1. The van der Waals surface area contributed by atoms with Crippen molar-refractivity contribution in [2.75, 3.05) is 25.9 Å². The van der Waals surface area contributed by atoms with E-state index < -0.39 is 15.1 Å². The quantitative estimate of drug-likeness (QED) is 0.415. The summed E-state index contributed by atoms with van der Waals surface area (Å²) in [7, 11) is -1.81. The third kappa shape index (κ3) is 4.50. The number of piperidine rings is 1. The maximum atomic E-state index is 13.0. The molecule has 3 heterocycles. The van der Waals surface area contributed by atoms with Gasteiger partial charge in [-0.3, -0.25) is 0 Å². The van der Waals surface area contributed by atoms with Crippen molar-refractivity contribution in [1.82, 2.24) is 20.4 Å². The van der Waals surface area contributed by atoms with Gasteiger partial charge in [0.15, 0.2) is 27.1 Å². The van der Waals surface area contributed by atoms with Crippen LogP contribution >= 0.6 is 0 Å². The van der Waals surface area contributed by atoms with Crippen LogP contribution in [0.25, 0.3) is 34.0 Å². The molecule has 1 atom stereocenters. The number of aromatic nitrogens is 3. The van der Waals surface area contributed by atoms with Gasteiger partial charge in [0.05, 0.1) is 29.1 Å². The third-order valence-electron chi connectivity index (χ3n) is 6.10. The predicted molar refractivity (Wildman–Crippen MR) is 132 cm³/mol. The van der Waals surface area contributed by atoms with E-state index in [0.717, 1.165) is 18.5 Å². The van der Waals surface area contributed by atoms with Gasteiger partial charge in [-0.25, -0.2) is 18.4 Å². The van der Waals surface area contributed by atoms with Gasteiger partial charge in [-0.1, -0.05) is 29.4 Å². The normalized spacial score (nSPS) is 16.2. The van der Waals surface area contributed by atoms with E-state index in [1.54, 1.807) is 43.6 Å². The number of hydrogen-bond acceptors (Lipinski definition) is 9. The summed E-state index contributed by atoms with van der Waals surface area (Å²) in [5.74, 6) is 1.22. The van der Waals surface area contributed by atoms with E-state index in [1.807, 2.05) is 24.3 Å². The number of sulfone groups is 1. The minimum Gasteiger partial charge on any atom is -0.496 e. The summed E-state index contributed by atoms with van der Waals surface area (Å²) in [6.07, 6.45) is 3.06. The summed E-state index contributed by atoms with van der Waals surface area (Å²) in [6.45, 7) is 1.33. The fourth-order valence-corrected chi connectivity index (χ4v) is 5.90. The largest absolute Gasteiger partial charge is 0.496 e. The number of methoxy groups -OCH3 is 1. The maximum absolute atomic E-state index is 13.0. The van der Waals surface area contributed by atoms with E-state index in [0.29, 0.717) is 52.0 Å². The second-order valence-corrected chi connectivity index (χ2v) is 10.5. The van der Waals surface area contributed by atoms with Gasteiger partial charge in [-0.15, -0.1) is 0 Å². The van der Waals surface area contributed by atoms with Crippen LogP contribution in [0.15, 0.2) is 70.2 Å². The maximum Gasteiger partial charge on any atom is 0.189 e. The first-order valence-corrected chi connectivity index (χ1v) is 12.8. The SMILES string of the molecule is COc1ccccc1-c1cc(-c2nc(-c3ccc(S(=O)(=O)C4CCCNC4)cc3)cnc2N)on1. The Balaban J connectivity index is 1.44. The zero-order chi connectivity index (χ0) is 24.4. The molecule has 1 saturated heterocycles. The van der Waals surface area contributed by atoms with E-state index in [2.05, 4.69) is 20.4 Å². The lowest BCUT2D eigenvalue weighted by atomic mass is 10.1. The van der Waals surface area contributed by atoms with E-state index in [4.69, 9.17) is 15.0 Å². The van der Waals surface area contributed by atoms with Gasteiger partial charge in [0.1, 0.15) is 11.4 Å². The Morgan fingerprint density at radius 2 is 1.91 bits per heavy atom. The van der Waals surface area contributed by atoms with Crippen LogP contribution in [0.5, 0.6) is 5.75 Å². The Morgan fingerprint density at radius 3 is 2.66 bits per heavy atom. The fraction of sp³-hybridized carbons (Fsp3) is 0.240. The molecule has 10 heteroatoms. The number of anilines is 1. The molecule has 0 saturated carbocycles. The highest BCUT2D eigenvalue weighted by Crippen LogP contribution is 2.33. The lowest BCUT2D eigenvalue weighted by molar-refractivity contribution is 0.413. The number of ether oxygens (including phenoxy) is 1. The number of hydrogen-bond donors (Lipinski definition) is 2. The highest BCUT2D eigenvalue weighted by atomic mass is 32.2. The van der Waals surface area contributed by atoms with Crippen LogP contribution in [0.3, 0.4) is 0 Å². The van der Waals surface area contributed by atoms with Crippen LogP contribution in [0, 0.1) is 0 Å². The van der Waals surface area contributed by atoms with Gasteiger partial charge in [-0.2, -0.15) is 0 Å². The molecule has 0 bridgehead atoms. The second kappa shape index (κ2) is 9.47. The minimum atomic E-state index is -3.40. The van der Waals surface area contributed by atoms with Crippen molar-refractivity contribution in [3.8, 4) is 39.7 Å². The molecular formula is C25H25N5O4S. The first-order chi connectivity index (χ1) is 17.0. The van der Waals surface area contributed by atoms with Crippen molar-refractivity contribution in [1.29, 1.82) is 0 Å². The standard InChI is InChI=1S/C25H25N5O4S/c1-33-22-7-3-2-6-19(22)20-13-23(34-30-20)24-25(26)28-15-21(29-24)16-8-10-17(11-9-16)35(31,32)18-5-4-12-27-14-18/h2-3,6-11,13,15,18,27H,4-5,12,14H2,1H3,(H2,26,28). The summed E-state index contributed by atoms with van der Waals surface area (Å²) in [5, 5.41) is 6.90. The van der Waals surface area contributed by atoms with E-state index in [-0.39, 0.29) is 5.82 Å². The number of para-hydroxylation sites is 1. The summed E-state index contributed by atoms with van der Waals surface area (Å²) >= 11 is 0. The van der Waals surface area contributed by atoms with Gasteiger partial charge in [0.2, 0.25) is 0 Å². The molecule has 35 heavy (non-hydrogen) atoms. The van der Waals surface area contributed by atoms with Crippen LogP contribution in [-0.4, -0.2) is 49.0 Å². The molecule has 1 unspecified atom stereocenters. The summed E-state index contributed by atoms with van der Waals surface area (Å²) < 4.78 is 36.9. The molecule has 0 amide bonds. The molecule has 1 aliphatic rings. The average molecular weight is 492 g/mol. The summed E-state index contributed by atoms with van der Waals surface area (Å²) in [5.41, 5.74) is 9.05. The minimum absolute atomic E-state index is 0.195. The van der Waals surface area contributed by atoms with Crippen LogP contribution < -0.4 is 15.8 Å².